The molecule has 0 saturated heterocycles. The molecule has 0 saturated carbocycles. The number of carbonyl (C=O) groups excluding carboxylic acids is 2. The zero-order chi connectivity index (χ0) is 21.5. The molecule has 0 atom stereocenters. The van der Waals surface area contributed by atoms with E-state index in [9.17, 15) is 9.59 Å². The Morgan fingerprint density at radius 2 is 1.60 bits per heavy atom. The van der Waals surface area contributed by atoms with Crippen molar-refractivity contribution >= 4 is 34.8 Å². The number of amides is 2. The second-order valence-corrected chi connectivity index (χ2v) is 6.86. The van der Waals surface area contributed by atoms with Gasteiger partial charge in [0.25, 0.3) is 11.8 Å². The number of benzene rings is 3. The Morgan fingerprint density at radius 1 is 0.900 bits per heavy atom. The van der Waals surface area contributed by atoms with E-state index in [1.54, 1.807) is 36.4 Å². The van der Waals surface area contributed by atoms with E-state index in [0.29, 0.717) is 28.4 Å². The van der Waals surface area contributed by atoms with E-state index in [4.69, 9.17) is 21.1 Å². The first-order chi connectivity index (χ1) is 14.5. The summed E-state index contributed by atoms with van der Waals surface area (Å²) in [5.41, 5.74) is 2.18. The fraction of sp³-hybridized carbons (Fsp3) is 0.130. The molecule has 3 aromatic rings. The second-order valence-electron chi connectivity index (χ2n) is 6.45. The first-order valence-electron chi connectivity index (χ1n) is 9.20. The van der Waals surface area contributed by atoms with E-state index in [2.05, 4.69) is 10.6 Å². The third-order valence-corrected chi connectivity index (χ3v) is 4.61. The van der Waals surface area contributed by atoms with E-state index in [1.807, 2.05) is 31.2 Å². The fourth-order valence-electron chi connectivity index (χ4n) is 2.75. The molecule has 0 aliphatic carbocycles. The van der Waals surface area contributed by atoms with Crippen LogP contribution in [0.3, 0.4) is 0 Å². The molecule has 0 bridgehead atoms. The number of rotatable bonds is 7. The number of nitrogens with one attached hydrogen (secondary N) is 2. The molecular weight excluding hydrogens is 404 g/mol. The molecule has 0 spiro atoms. The van der Waals surface area contributed by atoms with Crippen molar-refractivity contribution in [3.63, 3.8) is 0 Å². The number of methoxy groups -OCH3 is 1. The molecule has 0 aromatic heterocycles. The van der Waals surface area contributed by atoms with Gasteiger partial charge in [-0.1, -0.05) is 48.0 Å². The van der Waals surface area contributed by atoms with E-state index in [0.717, 1.165) is 5.56 Å². The van der Waals surface area contributed by atoms with Crippen molar-refractivity contribution < 1.29 is 19.1 Å². The number of aryl methyl sites for hydroxylation is 1. The quantitative estimate of drug-likeness (QED) is 0.564. The van der Waals surface area contributed by atoms with Gasteiger partial charge in [-0.3, -0.25) is 9.59 Å². The molecule has 0 unspecified atom stereocenters. The van der Waals surface area contributed by atoms with Crippen molar-refractivity contribution in [1.82, 2.24) is 0 Å². The van der Waals surface area contributed by atoms with Crippen LogP contribution in [0, 0.1) is 6.92 Å². The minimum absolute atomic E-state index is 0.171. The van der Waals surface area contributed by atoms with E-state index in [1.165, 1.54) is 13.2 Å². The number of para-hydroxylation sites is 1. The summed E-state index contributed by atoms with van der Waals surface area (Å²) >= 11 is 6.31. The maximum Gasteiger partial charge on any atom is 0.262 e. The number of anilines is 2. The molecule has 3 aromatic carbocycles. The molecular formula is C23H21ClN2O4. The summed E-state index contributed by atoms with van der Waals surface area (Å²) in [6.07, 6.45) is 0. The Balaban J connectivity index is 1.69. The predicted molar refractivity (Wildman–Crippen MR) is 118 cm³/mol. The number of carbonyl (C=O) groups is 2. The monoisotopic (exact) mass is 424 g/mol. The first kappa shape index (κ1) is 21.2. The zero-order valence-electron chi connectivity index (χ0n) is 16.6. The Morgan fingerprint density at radius 3 is 2.30 bits per heavy atom. The molecule has 30 heavy (non-hydrogen) atoms. The molecule has 0 heterocycles. The Kier molecular flexibility index (Phi) is 6.93. The molecule has 0 aliphatic heterocycles. The lowest BCUT2D eigenvalue weighted by atomic mass is 10.2. The lowest BCUT2D eigenvalue weighted by molar-refractivity contribution is -0.118. The normalized spacial score (nSPS) is 10.2. The highest BCUT2D eigenvalue weighted by Crippen LogP contribution is 2.35. The number of hydrogen-bond donors (Lipinski definition) is 2. The van der Waals surface area contributed by atoms with Gasteiger partial charge in [-0.05, 0) is 36.8 Å². The van der Waals surface area contributed by atoms with Gasteiger partial charge < -0.3 is 20.1 Å². The van der Waals surface area contributed by atoms with Gasteiger partial charge in [0.05, 0.1) is 23.5 Å². The second kappa shape index (κ2) is 9.80. The van der Waals surface area contributed by atoms with Gasteiger partial charge in [-0.25, -0.2) is 0 Å². The van der Waals surface area contributed by atoms with Crippen LogP contribution in [0.1, 0.15) is 15.9 Å². The van der Waals surface area contributed by atoms with Crippen molar-refractivity contribution in [2.45, 2.75) is 6.92 Å². The van der Waals surface area contributed by atoms with Gasteiger partial charge >= 0.3 is 0 Å². The Labute approximate surface area is 179 Å². The van der Waals surface area contributed by atoms with Crippen LogP contribution in [0.5, 0.6) is 11.5 Å². The molecule has 0 aliphatic rings. The molecule has 0 radical (unpaired) electrons. The van der Waals surface area contributed by atoms with Crippen LogP contribution in [-0.2, 0) is 4.79 Å². The molecule has 7 heteroatoms. The number of hydrogen-bond acceptors (Lipinski definition) is 4. The summed E-state index contributed by atoms with van der Waals surface area (Å²) in [4.78, 5) is 24.7. The highest BCUT2D eigenvalue weighted by Gasteiger charge is 2.15. The summed E-state index contributed by atoms with van der Waals surface area (Å²) in [6, 6.07) is 19.3. The van der Waals surface area contributed by atoms with Gasteiger partial charge in [-0.15, -0.1) is 0 Å². The van der Waals surface area contributed by atoms with Crippen LogP contribution < -0.4 is 20.1 Å². The highest BCUT2D eigenvalue weighted by molar-refractivity contribution is 6.34. The Hall–Kier alpha value is -3.51. The summed E-state index contributed by atoms with van der Waals surface area (Å²) < 4.78 is 10.9. The molecule has 154 valence electrons. The van der Waals surface area contributed by atoms with Crippen molar-refractivity contribution in [3.8, 4) is 11.5 Å². The minimum Gasteiger partial charge on any atom is -0.494 e. The van der Waals surface area contributed by atoms with E-state index >= 15 is 0 Å². The van der Waals surface area contributed by atoms with E-state index in [-0.39, 0.29) is 23.4 Å². The van der Waals surface area contributed by atoms with Gasteiger partial charge in [0.1, 0.15) is 11.5 Å². The smallest absolute Gasteiger partial charge is 0.262 e. The number of halogens is 1. The summed E-state index contributed by atoms with van der Waals surface area (Å²) in [7, 11) is 1.47. The SMILES string of the molecule is COc1cc(NC(=O)COc2ccccc2C)c(Cl)cc1NC(=O)c1ccccc1. The minimum atomic E-state index is -0.372. The fourth-order valence-corrected chi connectivity index (χ4v) is 2.96. The van der Waals surface area contributed by atoms with Crippen molar-refractivity contribution in [2.24, 2.45) is 0 Å². The van der Waals surface area contributed by atoms with E-state index < -0.39 is 0 Å². The van der Waals surface area contributed by atoms with Gasteiger partial charge in [0.2, 0.25) is 0 Å². The molecule has 2 N–H and O–H groups in total. The zero-order valence-corrected chi connectivity index (χ0v) is 17.3. The average Bonchev–Trinajstić information content (AvgIpc) is 2.75. The summed E-state index contributed by atoms with van der Waals surface area (Å²) in [5.74, 6) is 0.325. The standard InChI is InChI=1S/C23H21ClN2O4/c1-15-8-6-7-11-20(15)30-14-22(27)25-18-13-21(29-2)19(12-17(18)24)26-23(28)16-9-4-3-5-10-16/h3-13H,14H2,1-2H3,(H,25,27)(H,26,28). The maximum absolute atomic E-state index is 12.4. The first-order valence-corrected chi connectivity index (χ1v) is 9.58. The third-order valence-electron chi connectivity index (χ3n) is 4.30. The van der Waals surface area contributed by atoms with Gasteiger partial charge in [0.15, 0.2) is 6.61 Å². The van der Waals surface area contributed by atoms with Crippen molar-refractivity contribution in [2.75, 3.05) is 24.4 Å². The molecule has 2 amide bonds. The highest BCUT2D eigenvalue weighted by atomic mass is 35.5. The predicted octanol–water partition coefficient (Wildman–Crippen LogP) is 4.93. The van der Waals surface area contributed by atoms with Gasteiger partial charge in [0, 0.05) is 11.6 Å². The largest absolute Gasteiger partial charge is 0.494 e. The molecule has 3 rings (SSSR count). The van der Waals surface area contributed by atoms with Crippen LogP contribution >= 0.6 is 11.6 Å². The maximum atomic E-state index is 12.4. The summed E-state index contributed by atoms with van der Waals surface area (Å²) in [5, 5.41) is 5.72. The van der Waals surface area contributed by atoms with Crippen LogP contribution in [-0.4, -0.2) is 25.5 Å². The molecule has 6 nitrogen and oxygen atoms in total. The average molecular weight is 425 g/mol. The Bertz CT molecular complexity index is 1050. The van der Waals surface area contributed by atoms with Crippen LogP contribution in [0.15, 0.2) is 66.7 Å². The van der Waals surface area contributed by atoms with Crippen molar-refractivity contribution in [3.05, 3.63) is 82.9 Å². The van der Waals surface area contributed by atoms with Crippen molar-refractivity contribution in [1.29, 1.82) is 0 Å². The lowest BCUT2D eigenvalue weighted by Crippen LogP contribution is -2.21. The summed E-state index contributed by atoms with van der Waals surface area (Å²) in [6.45, 7) is 1.73. The molecule has 0 fully saturated rings. The van der Waals surface area contributed by atoms with Crippen LogP contribution in [0.2, 0.25) is 5.02 Å². The number of ether oxygens (including phenoxy) is 2. The van der Waals surface area contributed by atoms with Crippen LogP contribution in [0.4, 0.5) is 11.4 Å². The van der Waals surface area contributed by atoms with Gasteiger partial charge in [-0.2, -0.15) is 0 Å². The topological polar surface area (TPSA) is 76.7 Å². The lowest BCUT2D eigenvalue weighted by Gasteiger charge is -2.15. The third kappa shape index (κ3) is 5.30. The van der Waals surface area contributed by atoms with Crippen LogP contribution in [0.25, 0.3) is 0 Å².